The van der Waals surface area contributed by atoms with Crippen molar-refractivity contribution in [3.8, 4) is 27.6 Å². The minimum atomic E-state index is -0.543. The number of benzene rings is 1. The Hall–Kier alpha value is -3.50. The van der Waals surface area contributed by atoms with Crippen LogP contribution in [0.2, 0.25) is 0 Å². The summed E-state index contributed by atoms with van der Waals surface area (Å²) < 4.78 is 5.47. The van der Waals surface area contributed by atoms with E-state index in [2.05, 4.69) is 20.3 Å². The van der Waals surface area contributed by atoms with Gasteiger partial charge in [-0.25, -0.2) is 9.97 Å². The molecule has 1 aromatic carbocycles. The van der Waals surface area contributed by atoms with Gasteiger partial charge in [0, 0.05) is 22.7 Å². The first-order valence-corrected chi connectivity index (χ1v) is 11.1. The zero-order valence-corrected chi connectivity index (χ0v) is 18.4. The number of aromatic nitrogens is 3. The quantitative estimate of drug-likeness (QED) is 0.384. The zero-order valence-electron chi connectivity index (χ0n) is 16.8. The first kappa shape index (κ1) is 20.8. The summed E-state index contributed by atoms with van der Waals surface area (Å²) in [6.45, 7) is 4.35. The fourth-order valence-corrected chi connectivity index (χ4v) is 4.57. The third-order valence-corrected chi connectivity index (χ3v) is 6.35. The number of rotatable bonds is 7. The van der Waals surface area contributed by atoms with Crippen LogP contribution in [0.3, 0.4) is 0 Å². The second kappa shape index (κ2) is 8.70. The van der Waals surface area contributed by atoms with Crippen molar-refractivity contribution in [3.63, 3.8) is 0 Å². The van der Waals surface area contributed by atoms with Gasteiger partial charge in [-0.3, -0.25) is 14.9 Å². The Morgan fingerprint density at radius 2 is 1.97 bits per heavy atom. The van der Waals surface area contributed by atoms with Crippen LogP contribution in [0.25, 0.3) is 21.8 Å². The Kier molecular flexibility index (Phi) is 5.83. The van der Waals surface area contributed by atoms with Crippen LogP contribution in [0, 0.1) is 6.92 Å². The van der Waals surface area contributed by atoms with Crippen molar-refractivity contribution >= 4 is 39.6 Å². The second-order valence-electron chi connectivity index (χ2n) is 6.55. The molecule has 0 aliphatic carbocycles. The summed E-state index contributed by atoms with van der Waals surface area (Å²) in [5.74, 6) is -0.0126. The molecule has 0 spiro atoms. The van der Waals surface area contributed by atoms with Gasteiger partial charge in [0.15, 0.2) is 5.13 Å². The van der Waals surface area contributed by atoms with Crippen molar-refractivity contribution in [1.82, 2.24) is 15.0 Å². The standard InChI is InChI=1S/C21H19N5O3S2/c1-3-29-14-6-4-12(5-7-14)20-24-11(2)17(31-20)19(28)26-21-25-16(10-30-21)13-8-15(18(22)27)23-9-13/h4-10,23H,3H2,1-2H3,(H2,22,27)(H,25,26,28). The molecule has 8 nitrogen and oxygen atoms in total. The third kappa shape index (κ3) is 4.49. The molecule has 0 aliphatic heterocycles. The Morgan fingerprint density at radius 1 is 1.19 bits per heavy atom. The Balaban J connectivity index is 1.49. The fourth-order valence-electron chi connectivity index (χ4n) is 2.89. The molecule has 0 radical (unpaired) electrons. The molecule has 0 saturated heterocycles. The number of hydrogen-bond donors (Lipinski definition) is 3. The van der Waals surface area contributed by atoms with Crippen molar-refractivity contribution in [2.45, 2.75) is 13.8 Å². The number of nitrogens with zero attached hydrogens (tertiary/aromatic N) is 2. The Labute approximate surface area is 186 Å². The minimum Gasteiger partial charge on any atom is -0.494 e. The molecule has 0 aliphatic rings. The highest BCUT2D eigenvalue weighted by Crippen LogP contribution is 2.31. The molecule has 0 unspecified atom stereocenters. The molecule has 4 rings (SSSR count). The molecule has 0 saturated carbocycles. The van der Waals surface area contributed by atoms with E-state index in [-0.39, 0.29) is 5.91 Å². The lowest BCUT2D eigenvalue weighted by atomic mass is 10.2. The molecule has 0 atom stereocenters. The Bertz CT molecular complexity index is 1240. The number of hydrogen-bond acceptors (Lipinski definition) is 7. The van der Waals surface area contributed by atoms with Gasteiger partial charge in [0.2, 0.25) is 0 Å². The third-order valence-electron chi connectivity index (χ3n) is 4.38. The number of thiazole rings is 2. The van der Waals surface area contributed by atoms with Gasteiger partial charge in [0.1, 0.15) is 21.3 Å². The van der Waals surface area contributed by atoms with Crippen LogP contribution in [0.4, 0.5) is 5.13 Å². The van der Waals surface area contributed by atoms with Crippen LogP contribution in [0.5, 0.6) is 5.75 Å². The lowest BCUT2D eigenvalue weighted by molar-refractivity contribution is 0.0994. The van der Waals surface area contributed by atoms with E-state index >= 15 is 0 Å². The van der Waals surface area contributed by atoms with Crippen LogP contribution in [0.1, 0.15) is 32.8 Å². The van der Waals surface area contributed by atoms with Gasteiger partial charge in [0.25, 0.3) is 11.8 Å². The minimum absolute atomic E-state index is 0.264. The van der Waals surface area contributed by atoms with Gasteiger partial charge < -0.3 is 15.5 Å². The largest absolute Gasteiger partial charge is 0.494 e. The summed E-state index contributed by atoms with van der Waals surface area (Å²) in [6, 6.07) is 9.25. The average molecular weight is 454 g/mol. The van der Waals surface area contributed by atoms with Crippen molar-refractivity contribution in [2.75, 3.05) is 11.9 Å². The summed E-state index contributed by atoms with van der Waals surface area (Å²) in [7, 11) is 0. The first-order valence-electron chi connectivity index (χ1n) is 9.40. The number of ether oxygens (including phenoxy) is 1. The first-order chi connectivity index (χ1) is 14.9. The van der Waals surface area contributed by atoms with E-state index < -0.39 is 5.91 Å². The van der Waals surface area contributed by atoms with Crippen LogP contribution >= 0.6 is 22.7 Å². The number of aromatic amines is 1. The van der Waals surface area contributed by atoms with E-state index in [0.717, 1.165) is 21.9 Å². The van der Waals surface area contributed by atoms with Crippen LogP contribution < -0.4 is 15.8 Å². The zero-order chi connectivity index (χ0) is 22.0. The van der Waals surface area contributed by atoms with Crippen molar-refractivity contribution in [1.29, 1.82) is 0 Å². The maximum absolute atomic E-state index is 12.8. The number of carbonyl (C=O) groups is 2. The molecule has 4 aromatic rings. The van der Waals surface area contributed by atoms with Gasteiger partial charge in [-0.05, 0) is 44.2 Å². The summed E-state index contributed by atoms with van der Waals surface area (Å²) in [4.78, 5) is 36.3. The predicted octanol–water partition coefficient (Wildman–Crippen LogP) is 4.32. The van der Waals surface area contributed by atoms with Crippen LogP contribution in [-0.4, -0.2) is 33.4 Å². The number of H-pyrrole nitrogens is 1. The maximum Gasteiger partial charge on any atom is 0.269 e. The summed E-state index contributed by atoms with van der Waals surface area (Å²) in [6.07, 6.45) is 1.65. The number of anilines is 1. The Morgan fingerprint density at radius 3 is 2.65 bits per heavy atom. The van der Waals surface area contributed by atoms with E-state index in [1.807, 2.05) is 38.1 Å². The highest BCUT2D eigenvalue weighted by molar-refractivity contribution is 7.17. The lowest BCUT2D eigenvalue weighted by Crippen LogP contribution is -2.11. The lowest BCUT2D eigenvalue weighted by Gasteiger charge is -2.02. The average Bonchev–Trinajstić information content (AvgIpc) is 3.48. The summed E-state index contributed by atoms with van der Waals surface area (Å²) in [5.41, 5.74) is 8.50. The SMILES string of the molecule is CCOc1ccc(-c2nc(C)c(C(=O)Nc3nc(-c4c[nH]c(C(N)=O)c4)cs3)s2)cc1. The normalized spacial score (nSPS) is 10.8. The fraction of sp³-hybridized carbons (Fsp3) is 0.143. The molecule has 10 heteroatoms. The number of amides is 2. The van der Waals surface area contributed by atoms with E-state index in [4.69, 9.17) is 10.5 Å². The molecule has 2 amide bonds. The maximum atomic E-state index is 12.8. The number of aryl methyl sites for hydroxylation is 1. The van der Waals surface area contributed by atoms with Crippen LogP contribution in [-0.2, 0) is 0 Å². The van der Waals surface area contributed by atoms with Gasteiger partial charge in [-0.15, -0.1) is 22.7 Å². The highest BCUT2D eigenvalue weighted by atomic mass is 32.1. The summed E-state index contributed by atoms with van der Waals surface area (Å²) in [5, 5.41) is 5.84. The van der Waals surface area contributed by atoms with Crippen molar-refractivity contribution in [3.05, 3.63) is 58.2 Å². The number of nitrogens with two attached hydrogens (primary N) is 1. The van der Waals surface area contributed by atoms with E-state index in [1.54, 1.807) is 17.6 Å². The monoisotopic (exact) mass is 453 g/mol. The number of carbonyl (C=O) groups excluding carboxylic acids is 2. The van der Waals surface area contributed by atoms with Crippen molar-refractivity contribution < 1.29 is 14.3 Å². The predicted molar refractivity (Wildman–Crippen MR) is 122 cm³/mol. The molecule has 3 aromatic heterocycles. The van der Waals surface area contributed by atoms with E-state index in [1.165, 1.54) is 22.7 Å². The molecule has 0 fully saturated rings. The van der Waals surface area contributed by atoms with Crippen LogP contribution in [0.15, 0.2) is 41.9 Å². The molecule has 158 valence electrons. The van der Waals surface area contributed by atoms with Gasteiger partial charge in [-0.1, -0.05) is 0 Å². The molecular weight excluding hydrogens is 434 g/mol. The van der Waals surface area contributed by atoms with Crippen molar-refractivity contribution in [2.24, 2.45) is 5.73 Å². The van der Waals surface area contributed by atoms with E-state index in [9.17, 15) is 9.59 Å². The molecule has 31 heavy (non-hydrogen) atoms. The molecule has 3 heterocycles. The number of nitrogens with one attached hydrogen (secondary N) is 2. The smallest absolute Gasteiger partial charge is 0.269 e. The molecular formula is C21H19N5O3S2. The molecule has 4 N–H and O–H groups in total. The number of primary amides is 1. The van der Waals surface area contributed by atoms with Gasteiger partial charge >= 0.3 is 0 Å². The molecule has 0 bridgehead atoms. The topological polar surface area (TPSA) is 123 Å². The highest BCUT2D eigenvalue weighted by Gasteiger charge is 2.18. The van der Waals surface area contributed by atoms with Gasteiger partial charge in [0.05, 0.1) is 18.0 Å². The summed E-state index contributed by atoms with van der Waals surface area (Å²) >= 11 is 2.62. The second-order valence-corrected chi connectivity index (χ2v) is 8.41. The van der Waals surface area contributed by atoms with Gasteiger partial charge in [-0.2, -0.15) is 0 Å². The van der Waals surface area contributed by atoms with E-state index in [0.29, 0.717) is 33.7 Å².